The Morgan fingerprint density at radius 1 is 1.09 bits per heavy atom. The van der Waals surface area contributed by atoms with Gasteiger partial charge in [0, 0.05) is 26.2 Å². The van der Waals surface area contributed by atoms with Crippen LogP contribution >= 0.6 is 0 Å². The molecule has 4 nitrogen and oxygen atoms in total. The summed E-state index contributed by atoms with van der Waals surface area (Å²) in [5.74, 6) is 0.679. The summed E-state index contributed by atoms with van der Waals surface area (Å²) >= 11 is 0. The van der Waals surface area contributed by atoms with E-state index in [1.54, 1.807) is 7.11 Å². The van der Waals surface area contributed by atoms with E-state index in [1.165, 1.54) is 0 Å². The van der Waals surface area contributed by atoms with Crippen molar-refractivity contribution in [1.82, 2.24) is 0 Å². The van der Waals surface area contributed by atoms with Gasteiger partial charge in [-0.25, -0.2) is 0 Å². The Balaban J connectivity index is 4.65. The summed E-state index contributed by atoms with van der Waals surface area (Å²) in [6.07, 6.45) is 1.86. The number of aliphatic hydroxyl groups excluding tert-OH is 1. The predicted octanol–water partition coefficient (Wildman–Crippen LogP) is 4.04. The van der Waals surface area contributed by atoms with Crippen molar-refractivity contribution in [3.63, 3.8) is 0 Å². The minimum atomic E-state index is -1.73. The third kappa shape index (κ3) is 7.55. The molecule has 0 bridgehead atoms. The van der Waals surface area contributed by atoms with Gasteiger partial charge in [-0.15, -0.1) is 0 Å². The fourth-order valence-corrected chi connectivity index (χ4v) is 3.38. The lowest BCUT2D eigenvalue weighted by atomic mass is 9.90. The Morgan fingerprint density at radius 2 is 1.68 bits per heavy atom. The van der Waals surface area contributed by atoms with Crippen LogP contribution < -0.4 is 0 Å². The number of methoxy groups -OCH3 is 1. The fourth-order valence-electron chi connectivity index (χ4n) is 2.26. The molecule has 0 aromatic rings. The van der Waals surface area contributed by atoms with Crippen LogP contribution in [0.2, 0.25) is 18.1 Å². The summed E-state index contributed by atoms with van der Waals surface area (Å²) < 4.78 is 17.3. The van der Waals surface area contributed by atoms with E-state index in [9.17, 15) is 0 Å². The van der Waals surface area contributed by atoms with E-state index in [0.717, 1.165) is 12.8 Å². The lowest BCUT2D eigenvalue weighted by Crippen LogP contribution is -2.43. The highest BCUT2D eigenvalue weighted by Crippen LogP contribution is 2.37. The quantitative estimate of drug-likeness (QED) is 0.457. The van der Waals surface area contributed by atoms with E-state index < -0.39 is 8.32 Å². The second kappa shape index (κ2) is 10.0. The highest BCUT2D eigenvalue weighted by Gasteiger charge is 2.38. The average molecular weight is 335 g/mol. The molecule has 0 spiro atoms. The minimum Gasteiger partial charge on any atom is -0.416 e. The molecule has 22 heavy (non-hydrogen) atoms. The lowest BCUT2D eigenvalue weighted by molar-refractivity contribution is -0.114. The zero-order valence-electron chi connectivity index (χ0n) is 15.9. The third-order valence-corrected chi connectivity index (χ3v) is 9.33. The van der Waals surface area contributed by atoms with Crippen molar-refractivity contribution in [2.45, 2.75) is 71.7 Å². The van der Waals surface area contributed by atoms with Crippen LogP contribution in [0.4, 0.5) is 0 Å². The molecule has 134 valence electrons. The Kier molecular flexibility index (Phi) is 10.1. The van der Waals surface area contributed by atoms with Crippen LogP contribution in [0.25, 0.3) is 0 Å². The molecule has 0 amide bonds. The number of hydrogen-bond acceptors (Lipinski definition) is 4. The molecule has 5 heteroatoms. The molecule has 0 aliphatic rings. The predicted molar refractivity (Wildman–Crippen MR) is 94.5 cm³/mol. The third-order valence-electron chi connectivity index (χ3n) is 4.83. The lowest BCUT2D eigenvalue weighted by Gasteiger charge is -2.38. The van der Waals surface area contributed by atoms with Crippen molar-refractivity contribution in [3.8, 4) is 0 Å². The van der Waals surface area contributed by atoms with E-state index in [2.05, 4.69) is 47.7 Å². The first-order valence-electron chi connectivity index (χ1n) is 8.42. The molecule has 0 aliphatic carbocycles. The molecule has 0 radical (unpaired) electrons. The van der Waals surface area contributed by atoms with Crippen LogP contribution in [-0.2, 0) is 13.9 Å². The van der Waals surface area contributed by atoms with Crippen molar-refractivity contribution in [2.24, 2.45) is 11.8 Å². The number of rotatable bonds is 11. The molecular formula is C17H38O4Si. The van der Waals surface area contributed by atoms with E-state index in [4.69, 9.17) is 19.0 Å². The number of hydrogen-bond donors (Lipinski definition) is 1. The molecule has 0 saturated carbocycles. The Hall–Kier alpha value is 0.0569. The maximum atomic E-state index is 9.03. The van der Waals surface area contributed by atoms with Crippen molar-refractivity contribution in [1.29, 1.82) is 0 Å². The zero-order chi connectivity index (χ0) is 17.4. The second-order valence-electron chi connectivity index (χ2n) is 7.93. The Bertz CT molecular complexity index is 289. The molecule has 0 saturated heterocycles. The van der Waals surface area contributed by atoms with Crippen molar-refractivity contribution >= 4 is 8.32 Å². The summed E-state index contributed by atoms with van der Waals surface area (Å²) in [5.41, 5.74) is 0. The van der Waals surface area contributed by atoms with Crippen LogP contribution in [0.3, 0.4) is 0 Å². The first kappa shape index (κ1) is 22.1. The maximum Gasteiger partial charge on any atom is 0.191 e. The van der Waals surface area contributed by atoms with Gasteiger partial charge in [0.05, 0.1) is 6.10 Å². The topological polar surface area (TPSA) is 47.9 Å². The SMILES string of the molecule is COCO[C@@H]([C@@H](C)CCCO)[C@@H](C)CO[Si](C)(C)C(C)(C)C. The summed E-state index contributed by atoms with van der Waals surface area (Å²) in [4.78, 5) is 0. The van der Waals surface area contributed by atoms with Crippen LogP contribution in [0.15, 0.2) is 0 Å². The molecular weight excluding hydrogens is 296 g/mol. The van der Waals surface area contributed by atoms with Gasteiger partial charge in [0.1, 0.15) is 6.79 Å². The van der Waals surface area contributed by atoms with Gasteiger partial charge in [0.2, 0.25) is 0 Å². The van der Waals surface area contributed by atoms with Crippen molar-refractivity contribution < 1.29 is 19.0 Å². The summed E-state index contributed by atoms with van der Waals surface area (Å²) in [6.45, 7) is 16.9. The molecule has 0 fully saturated rings. The van der Waals surface area contributed by atoms with E-state index in [0.29, 0.717) is 25.2 Å². The minimum absolute atomic E-state index is 0.0938. The van der Waals surface area contributed by atoms with Gasteiger partial charge in [0.25, 0.3) is 0 Å². The van der Waals surface area contributed by atoms with Gasteiger partial charge < -0.3 is 19.0 Å². The Labute approximate surface area is 138 Å². The monoisotopic (exact) mass is 334 g/mol. The highest BCUT2D eigenvalue weighted by atomic mass is 28.4. The molecule has 0 aliphatic heterocycles. The Morgan fingerprint density at radius 3 is 2.14 bits per heavy atom. The molecule has 0 aromatic heterocycles. The summed E-state index contributed by atoms with van der Waals surface area (Å²) in [6, 6.07) is 0. The molecule has 0 heterocycles. The largest absolute Gasteiger partial charge is 0.416 e. The number of aliphatic hydroxyl groups is 1. The zero-order valence-corrected chi connectivity index (χ0v) is 16.9. The van der Waals surface area contributed by atoms with Gasteiger partial charge in [-0.05, 0) is 36.9 Å². The molecule has 0 aromatic carbocycles. The molecule has 3 atom stereocenters. The van der Waals surface area contributed by atoms with Crippen LogP contribution in [-0.4, -0.2) is 46.6 Å². The van der Waals surface area contributed by atoms with Gasteiger partial charge >= 0.3 is 0 Å². The number of ether oxygens (including phenoxy) is 2. The standard InChI is InChI=1S/C17H38O4Si/c1-14(10-9-11-18)16(20-13-19-6)15(2)12-21-22(7,8)17(3,4)5/h14-16,18H,9-13H2,1-8H3/t14-,15-,16-/m0/s1. The van der Waals surface area contributed by atoms with Crippen LogP contribution in [0, 0.1) is 11.8 Å². The van der Waals surface area contributed by atoms with Gasteiger partial charge in [-0.3, -0.25) is 0 Å². The summed E-state index contributed by atoms with van der Waals surface area (Å²) in [7, 11) is -0.0867. The molecule has 1 N–H and O–H groups in total. The summed E-state index contributed by atoms with van der Waals surface area (Å²) in [5, 5.41) is 9.25. The first-order chi connectivity index (χ1) is 10.1. The average Bonchev–Trinajstić information content (AvgIpc) is 2.42. The highest BCUT2D eigenvalue weighted by molar-refractivity contribution is 6.74. The fraction of sp³-hybridized carbons (Fsp3) is 1.00. The van der Waals surface area contributed by atoms with Crippen LogP contribution in [0.5, 0.6) is 0 Å². The second-order valence-corrected chi connectivity index (χ2v) is 12.7. The normalized spacial score (nSPS) is 17.3. The van der Waals surface area contributed by atoms with Crippen molar-refractivity contribution in [2.75, 3.05) is 27.1 Å². The maximum absolute atomic E-state index is 9.03. The van der Waals surface area contributed by atoms with Crippen molar-refractivity contribution in [3.05, 3.63) is 0 Å². The van der Waals surface area contributed by atoms with Gasteiger partial charge in [-0.1, -0.05) is 34.6 Å². The molecule has 0 unspecified atom stereocenters. The smallest absolute Gasteiger partial charge is 0.191 e. The van der Waals surface area contributed by atoms with E-state index in [1.807, 2.05) is 0 Å². The van der Waals surface area contributed by atoms with E-state index in [-0.39, 0.29) is 17.7 Å². The van der Waals surface area contributed by atoms with Gasteiger partial charge in [-0.2, -0.15) is 0 Å². The van der Waals surface area contributed by atoms with E-state index >= 15 is 0 Å². The molecule has 0 rings (SSSR count). The first-order valence-corrected chi connectivity index (χ1v) is 11.3. The van der Waals surface area contributed by atoms with Crippen LogP contribution in [0.1, 0.15) is 47.5 Å². The van der Waals surface area contributed by atoms with Gasteiger partial charge in [0.15, 0.2) is 8.32 Å².